The molecule has 0 bridgehead atoms. The van der Waals surface area contributed by atoms with Crippen LogP contribution < -0.4 is 0 Å². The Bertz CT molecular complexity index is 463. The number of benzene rings is 2. The zero-order chi connectivity index (χ0) is 9.42. The highest BCUT2D eigenvalue weighted by atomic mass is 127. The van der Waals surface area contributed by atoms with Crippen LogP contribution >= 0.6 is 38.5 Å². The molecule has 0 aromatic heterocycles. The van der Waals surface area contributed by atoms with Crippen molar-refractivity contribution < 1.29 is 0 Å². The van der Waals surface area contributed by atoms with Crippen LogP contribution in [0.5, 0.6) is 0 Å². The van der Waals surface area contributed by atoms with Gasteiger partial charge in [0.2, 0.25) is 0 Å². The predicted octanol–water partition coefficient (Wildman–Crippen LogP) is 4.52. The lowest BCUT2D eigenvalue weighted by molar-refractivity contribution is 1.48. The second-order valence-electron chi connectivity index (χ2n) is 3.04. The molecule has 2 aromatic rings. The highest BCUT2D eigenvalue weighted by molar-refractivity contribution is 14.1. The Labute approximate surface area is 99.6 Å². The smallest absolute Gasteiger partial charge is 0.0210 e. The molecule has 0 saturated heterocycles. The quantitative estimate of drug-likeness (QED) is 0.615. The maximum Gasteiger partial charge on any atom is 0.0210 e. The first-order valence-electron chi connectivity index (χ1n) is 4.03. The number of hydrogen-bond donors (Lipinski definition) is 0. The van der Waals surface area contributed by atoms with Crippen LogP contribution in [0.4, 0.5) is 0 Å². The highest BCUT2D eigenvalue weighted by Crippen LogP contribution is 2.26. The molecule has 0 nitrogen and oxygen atoms in total. The summed E-state index contributed by atoms with van der Waals surface area (Å²) in [5.41, 5.74) is 1.31. The zero-order valence-electron chi connectivity index (χ0n) is 7.14. The largest absolute Gasteiger partial charge is 0.0532 e. The standard InChI is InChI=1S/C11H8BrI/c1-7-10-4-3-9(13)6-8(10)2-5-11(7)12/h2-6H,1H3. The zero-order valence-corrected chi connectivity index (χ0v) is 10.9. The Hall–Kier alpha value is -0.0900. The molecule has 0 saturated carbocycles. The Morgan fingerprint density at radius 2 is 1.92 bits per heavy atom. The lowest BCUT2D eigenvalue weighted by Crippen LogP contribution is -1.81. The minimum Gasteiger partial charge on any atom is -0.0532 e. The van der Waals surface area contributed by atoms with Crippen molar-refractivity contribution in [3.05, 3.63) is 43.9 Å². The van der Waals surface area contributed by atoms with Crippen molar-refractivity contribution in [2.24, 2.45) is 0 Å². The fourth-order valence-corrected chi connectivity index (χ4v) is 2.29. The van der Waals surface area contributed by atoms with Gasteiger partial charge in [0.15, 0.2) is 0 Å². The van der Waals surface area contributed by atoms with Crippen molar-refractivity contribution in [1.82, 2.24) is 0 Å². The van der Waals surface area contributed by atoms with Crippen LogP contribution in [0, 0.1) is 10.5 Å². The summed E-state index contributed by atoms with van der Waals surface area (Å²) in [6.45, 7) is 2.14. The molecule has 0 N–H and O–H groups in total. The van der Waals surface area contributed by atoms with Crippen molar-refractivity contribution in [1.29, 1.82) is 0 Å². The SMILES string of the molecule is Cc1c(Br)ccc2cc(I)ccc12. The van der Waals surface area contributed by atoms with E-state index in [0.717, 1.165) is 0 Å². The Morgan fingerprint density at radius 1 is 1.15 bits per heavy atom. The molecule has 0 spiro atoms. The van der Waals surface area contributed by atoms with Gasteiger partial charge in [0.25, 0.3) is 0 Å². The van der Waals surface area contributed by atoms with Gasteiger partial charge in [-0.25, -0.2) is 0 Å². The third kappa shape index (κ3) is 1.74. The molecule has 0 atom stereocenters. The van der Waals surface area contributed by atoms with Crippen LogP contribution in [-0.2, 0) is 0 Å². The molecule has 0 unspecified atom stereocenters. The summed E-state index contributed by atoms with van der Waals surface area (Å²) in [5.74, 6) is 0. The number of hydrogen-bond acceptors (Lipinski definition) is 0. The molecule has 2 rings (SSSR count). The molecule has 0 amide bonds. The summed E-state index contributed by atoms with van der Waals surface area (Å²) in [5, 5.41) is 2.64. The van der Waals surface area contributed by atoms with Crippen LogP contribution in [0.15, 0.2) is 34.8 Å². The molecule has 13 heavy (non-hydrogen) atoms. The van der Waals surface area contributed by atoms with E-state index in [1.54, 1.807) is 0 Å². The summed E-state index contributed by atoms with van der Waals surface area (Å²) in [4.78, 5) is 0. The average Bonchev–Trinajstić information content (AvgIpc) is 2.12. The third-order valence-electron chi connectivity index (χ3n) is 2.19. The molecule has 0 heterocycles. The number of halogens is 2. The molecule has 2 heteroatoms. The van der Waals surface area contributed by atoms with Crippen LogP contribution in [-0.4, -0.2) is 0 Å². The van der Waals surface area contributed by atoms with Gasteiger partial charge in [0.1, 0.15) is 0 Å². The van der Waals surface area contributed by atoms with Gasteiger partial charge in [0.05, 0.1) is 0 Å². The maximum atomic E-state index is 3.53. The van der Waals surface area contributed by atoms with Crippen molar-refractivity contribution in [2.75, 3.05) is 0 Å². The van der Waals surface area contributed by atoms with Crippen molar-refractivity contribution in [2.45, 2.75) is 6.92 Å². The van der Waals surface area contributed by atoms with Crippen LogP contribution in [0.25, 0.3) is 10.8 Å². The van der Waals surface area contributed by atoms with Gasteiger partial charge in [-0.15, -0.1) is 0 Å². The molecule has 0 aliphatic heterocycles. The Kier molecular flexibility index (Phi) is 2.60. The van der Waals surface area contributed by atoms with Crippen LogP contribution in [0.3, 0.4) is 0 Å². The molecule has 0 radical (unpaired) electrons. The second kappa shape index (κ2) is 3.58. The molecule has 0 aliphatic rings. The molecular formula is C11H8BrI. The van der Waals surface area contributed by atoms with E-state index in [2.05, 4.69) is 75.8 Å². The molecule has 2 aromatic carbocycles. The summed E-state index contributed by atoms with van der Waals surface area (Å²) < 4.78 is 2.47. The monoisotopic (exact) mass is 346 g/mol. The van der Waals surface area contributed by atoms with E-state index in [-0.39, 0.29) is 0 Å². The van der Waals surface area contributed by atoms with E-state index in [0.29, 0.717) is 0 Å². The topological polar surface area (TPSA) is 0 Å². The average molecular weight is 347 g/mol. The van der Waals surface area contributed by atoms with E-state index < -0.39 is 0 Å². The Balaban J connectivity index is 2.87. The minimum absolute atomic E-state index is 1.18. The summed E-state index contributed by atoms with van der Waals surface area (Å²) in [6.07, 6.45) is 0. The van der Waals surface area contributed by atoms with Gasteiger partial charge < -0.3 is 0 Å². The molecule has 0 aliphatic carbocycles. The first-order valence-corrected chi connectivity index (χ1v) is 5.90. The van der Waals surface area contributed by atoms with E-state index in [9.17, 15) is 0 Å². The van der Waals surface area contributed by atoms with Gasteiger partial charge in [-0.2, -0.15) is 0 Å². The van der Waals surface area contributed by atoms with Gasteiger partial charge >= 0.3 is 0 Å². The van der Waals surface area contributed by atoms with E-state index in [4.69, 9.17) is 0 Å². The summed E-state index contributed by atoms with van der Waals surface area (Å²) >= 11 is 5.87. The molecule has 0 fully saturated rings. The lowest BCUT2D eigenvalue weighted by Gasteiger charge is -2.04. The first kappa shape index (κ1) is 9.46. The summed E-state index contributed by atoms with van der Waals surface area (Å²) in [7, 11) is 0. The van der Waals surface area contributed by atoms with Gasteiger partial charge in [-0.3, -0.25) is 0 Å². The van der Waals surface area contributed by atoms with Gasteiger partial charge in [-0.1, -0.05) is 28.1 Å². The van der Waals surface area contributed by atoms with E-state index in [1.807, 2.05) is 0 Å². The number of aryl methyl sites for hydroxylation is 1. The van der Waals surface area contributed by atoms with Gasteiger partial charge in [-0.05, 0) is 64.0 Å². The lowest BCUT2D eigenvalue weighted by atomic mass is 10.1. The first-order chi connectivity index (χ1) is 6.18. The predicted molar refractivity (Wildman–Crippen MR) is 69.1 cm³/mol. The number of rotatable bonds is 0. The molecular weight excluding hydrogens is 339 g/mol. The van der Waals surface area contributed by atoms with Crippen molar-refractivity contribution in [3.8, 4) is 0 Å². The normalized spacial score (nSPS) is 10.7. The highest BCUT2D eigenvalue weighted by Gasteiger charge is 2.00. The van der Waals surface area contributed by atoms with Crippen molar-refractivity contribution in [3.63, 3.8) is 0 Å². The summed E-state index contributed by atoms with van der Waals surface area (Å²) in [6, 6.07) is 10.8. The van der Waals surface area contributed by atoms with Crippen molar-refractivity contribution >= 4 is 49.3 Å². The second-order valence-corrected chi connectivity index (χ2v) is 5.14. The minimum atomic E-state index is 1.18. The van der Waals surface area contributed by atoms with E-state index in [1.165, 1.54) is 24.4 Å². The fourth-order valence-electron chi connectivity index (χ4n) is 1.43. The van der Waals surface area contributed by atoms with Crippen LogP contribution in [0.2, 0.25) is 0 Å². The fraction of sp³-hybridized carbons (Fsp3) is 0.0909. The molecule has 66 valence electrons. The van der Waals surface area contributed by atoms with Crippen LogP contribution in [0.1, 0.15) is 5.56 Å². The number of fused-ring (bicyclic) bond motifs is 1. The maximum absolute atomic E-state index is 3.53. The Morgan fingerprint density at radius 3 is 2.69 bits per heavy atom. The van der Waals surface area contributed by atoms with Gasteiger partial charge in [0, 0.05) is 8.04 Å². The third-order valence-corrected chi connectivity index (χ3v) is 3.72. The van der Waals surface area contributed by atoms with E-state index >= 15 is 0 Å².